The molecule has 0 unspecified atom stereocenters. The van der Waals surface area contributed by atoms with E-state index in [-0.39, 0.29) is 10.6 Å². The normalized spacial score (nSPS) is 12.7. The number of rotatable bonds is 5. The molecule has 0 fully saturated rings. The first-order valence-corrected chi connectivity index (χ1v) is 9.84. The van der Waals surface area contributed by atoms with Crippen molar-refractivity contribution in [2.75, 3.05) is 5.73 Å². The maximum Gasteiger partial charge on any atom is 0.329 e. The summed E-state index contributed by atoms with van der Waals surface area (Å²) in [5.74, 6) is -0.548. The average molecular weight is 384 g/mol. The minimum Gasteiger partial charge on any atom is -0.423 e. The molecule has 0 spiro atoms. The molecule has 0 amide bonds. The Bertz CT molecular complexity index is 1090. The van der Waals surface area contributed by atoms with Gasteiger partial charge in [0.25, 0.3) is 0 Å². The zero-order chi connectivity index (χ0) is 19.6. The molecule has 6 nitrogen and oxygen atoms in total. The van der Waals surface area contributed by atoms with Gasteiger partial charge in [0.05, 0.1) is 10.6 Å². The van der Waals surface area contributed by atoms with E-state index in [4.69, 9.17) is 10.5 Å². The zero-order valence-corrected chi connectivity index (χ0v) is 15.8. The Morgan fingerprint density at radius 1 is 1.04 bits per heavy atom. The zero-order valence-electron chi connectivity index (χ0n) is 15.0. The molecule has 0 aliphatic carbocycles. The highest BCUT2D eigenvalue weighted by Crippen LogP contribution is 2.30. The Kier molecular flexibility index (Phi) is 5.16. The fourth-order valence-corrected chi connectivity index (χ4v) is 3.82. The second kappa shape index (κ2) is 7.38. The number of anilines is 1. The lowest BCUT2D eigenvalue weighted by molar-refractivity contribution is -0.135. The number of carbonyl (C=O) groups is 1. The molecule has 1 atom stereocenters. The van der Waals surface area contributed by atoms with Crippen LogP contribution in [0.25, 0.3) is 10.8 Å². The minimum absolute atomic E-state index is 0.0815. The molecule has 3 aromatic carbocycles. The van der Waals surface area contributed by atoms with E-state index in [0.29, 0.717) is 5.69 Å². The highest BCUT2D eigenvalue weighted by molar-refractivity contribution is 7.89. The summed E-state index contributed by atoms with van der Waals surface area (Å²) in [7, 11) is -3.84. The monoisotopic (exact) mass is 384 g/mol. The van der Waals surface area contributed by atoms with Gasteiger partial charge in [0.15, 0.2) is 5.75 Å². The highest BCUT2D eigenvalue weighted by Gasteiger charge is 2.24. The second-order valence-corrected chi connectivity index (χ2v) is 7.99. The lowest BCUT2D eigenvalue weighted by Crippen LogP contribution is -2.40. The van der Waals surface area contributed by atoms with Gasteiger partial charge >= 0.3 is 5.97 Å². The van der Waals surface area contributed by atoms with Crippen molar-refractivity contribution in [3.05, 3.63) is 66.2 Å². The number of nitrogen functional groups attached to an aromatic ring is 1. The lowest BCUT2D eigenvalue weighted by atomic mass is 10.1. The molecule has 140 valence electrons. The van der Waals surface area contributed by atoms with Crippen molar-refractivity contribution in [2.24, 2.45) is 0 Å². The van der Waals surface area contributed by atoms with Crippen molar-refractivity contribution in [1.82, 2.24) is 4.72 Å². The van der Waals surface area contributed by atoms with Crippen molar-refractivity contribution in [3.8, 4) is 5.75 Å². The first-order valence-electron chi connectivity index (χ1n) is 8.36. The van der Waals surface area contributed by atoms with Gasteiger partial charge in [-0.3, -0.25) is 0 Å². The van der Waals surface area contributed by atoms with Gasteiger partial charge in [0.2, 0.25) is 10.0 Å². The molecular formula is C20H20N2O4S. The van der Waals surface area contributed by atoms with Gasteiger partial charge in [-0.1, -0.05) is 48.0 Å². The predicted octanol–water partition coefficient (Wildman–Crippen LogP) is 3.00. The van der Waals surface area contributed by atoms with E-state index in [2.05, 4.69) is 4.72 Å². The first kappa shape index (κ1) is 18.9. The summed E-state index contributed by atoms with van der Waals surface area (Å²) >= 11 is 0. The lowest BCUT2D eigenvalue weighted by Gasteiger charge is -2.15. The third-order valence-corrected chi connectivity index (χ3v) is 5.71. The Morgan fingerprint density at radius 2 is 1.70 bits per heavy atom. The Labute approximate surface area is 158 Å². The summed E-state index contributed by atoms with van der Waals surface area (Å²) in [6.07, 6.45) is 0. The number of sulfonamides is 1. The van der Waals surface area contributed by atoms with Crippen LogP contribution in [0.15, 0.2) is 65.6 Å². The number of esters is 1. The smallest absolute Gasteiger partial charge is 0.329 e. The van der Waals surface area contributed by atoms with Crippen LogP contribution in [0.2, 0.25) is 0 Å². The molecule has 3 aromatic rings. The van der Waals surface area contributed by atoms with Crippen molar-refractivity contribution in [1.29, 1.82) is 0 Å². The van der Waals surface area contributed by atoms with Crippen LogP contribution in [0.3, 0.4) is 0 Å². The summed E-state index contributed by atoms with van der Waals surface area (Å²) in [5, 5.41) is 1.68. The van der Waals surface area contributed by atoms with Crippen LogP contribution in [0.1, 0.15) is 12.5 Å². The van der Waals surface area contributed by atoms with Crippen LogP contribution in [0, 0.1) is 6.92 Å². The number of fused-ring (bicyclic) bond motifs is 1. The molecule has 27 heavy (non-hydrogen) atoms. The third-order valence-electron chi connectivity index (χ3n) is 4.16. The molecule has 0 saturated heterocycles. The van der Waals surface area contributed by atoms with E-state index < -0.39 is 22.0 Å². The molecule has 7 heteroatoms. The number of ether oxygens (including phenoxy) is 1. The van der Waals surface area contributed by atoms with Crippen LogP contribution in [-0.4, -0.2) is 20.4 Å². The number of nitrogens with one attached hydrogen (secondary N) is 1. The Balaban J connectivity index is 1.76. The molecule has 0 heterocycles. The molecule has 0 radical (unpaired) electrons. The summed E-state index contributed by atoms with van der Waals surface area (Å²) < 4.78 is 32.5. The van der Waals surface area contributed by atoms with Crippen molar-refractivity contribution in [2.45, 2.75) is 24.8 Å². The van der Waals surface area contributed by atoms with Gasteiger partial charge in [-0.05, 0) is 37.4 Å². The molecule has 0 aliphatic heterocycles. The topological polar surface area (TPSA) is 98.5 Å². The molecule has 3 N–H and O–H groups in total. The molecule has 0 bridgehead atoms. The molecule has 3 rings (SSSR count). The van der Waals surface area contributed by atoms with Crippen LogP contribution in [0.5, 0.6) is 5.75 Å². The van der Waals surface area contributed by atoms with E-state index in [1.165, 1.54) is 19.1 Å². The number of hydrogen-bond donors (Lipinski definition) is 2. The third kappa shape index (κ3) is 4.10. The second-order valence-electron chi connectivity index (χ2n) is 6.28. The van der Waals surface area contributed by atoms with Gasteiger partial charge < -0.3 is 10.5 Å². The van der Waals surface area contributed by atoms with Crippen LogP contribution in [0.4, 0.5) is 5.69 Å². The first-order chi connectivity index (χ1) is 12.8. The predicted molar refractivity (Wildman–Crippen MR) is 105 cm³/mol. The van der Waals surface area contributed by atoms with Gasteiger partial charge in [-0.15, -0.1) is 0 Å². The number of carbonyl (C=O) groups excluding carboxylic acids is 1. The van der Waals surface area contributed by atoms with Crippen molar-refractivity contribution < 1.29 is 17.9 Å². The highest BCUT2D eigenvalue weighted by atomic mass is 32.2. The van der Waals surface area contributed by atoms with E-state index in [0.717, 1.165) is 16.3 Å². The van der Waals surface area contributed by atoms with Crippen molar-refractivity contribution >= 4 is 32.5 Å². The SMILES string of the molecule is Cc1ccc(S(=O)(=O)N[C@@H](C)C(=O)Oc2ccc3ccccc3c2N)cc1. The van der Waals surface area contributed by atoms with Gasteiger partial charge in [0.1, 0.15) is 6.04 Å². The van der Waals surface area contributed by atoms with Crippen LogP contribution in [-0.2, 0) is 14.8 Å². The Morgan fingerprint density at radius 3 is 2.41 bits per heavy atom. The Hall–Kier alpha value is -2.90. The van der Waals surface area contributed by atoms with Gasteiger partial charge in [-0.25, -0.2) is 13.2 Å². The average Bonchev–Trinajstić information content (AvgIpc) is 2.64. The number of hydrogen-bond acceptors (Lipinski definition) is 5. The number of nitrogens with two attached hydrogens (primary N) is 1. The maximum absolute atomic E-state index is 12.4. The molecule has 0 aromatic heterocycles. The quantitative estimate of drug-likeness (QED) is 0.400. The fourth-order valence-electron chi connectivity index (χ4n) is 2.63. The summed E-state index contributed by atoms with van der Waals surface area (Å²) in [4.78, 5) is 12.4. The van der Waals surface area contributed by atoms with Gasteiger partial charge in [0, 0.05) is 5.39 Å². The number of aryl methyl sites for hydroxylation is 1. The summed E-state index contributed by atoms with van der Waals surface area (Å²) in [5.41, 5.74) is 7.35. The number of benzene rings is 3. The maximum atomic E-state index is 12.4. The van der Waals surface area contributed by atoms with E-state index >= 15 is 0 Å². The van der Waals surface area contributed by atoms with E-state index in [1.54, 1.807) is 24.3 Å². The standard InChI is InChI=1S/C20H20N2O4S/c1-13-7-10-16(11-8-13)27(24,25)22-14(2)20(23)26-18-12-9-15-5-3-4-6-17(15)19(18)21/h3-12,14,22H,21H2,1-2H3/t14-/m0/s1. The molecular weight excluding hydrogens is 364 g/mol. The fraction of sp³-hybridized carbons (Fsp3) is 0.150. The van der Waals surface area contributed by atoms with E-state index in [9.17, 15) is 13.2 Å². The minimum atomic E-state index is -3.84. The summed E-state index contributed by atoms with van der Waals surface area (Å²) in [6, 6.07) is 16.1. The largest absolute Gasteiger partial charge is 0.423 e. The summed E-state index contributed by atoms with van der Waals surface area (Å²) in [6.45, 7) is 3.28. The van der Waals surface area contributed by atoms with E-state index in [1.807, 2.05) is 31.2 Å². The van der Waals surface area contributed by atoms with Gasteiger partial charge in [-0.2, -0.15) is 4.72 Å². The van der Waals surface area contributed by atoms with Crippen LogP contribution < -0.4 is 15.2 Å². The van der Waals surface area contributed by atoms with Crippen molar-refractivity contribution in [3.63, 3.8) is 0 Å². The molecule has 0 aliphatic rings. The molecule has 0 saturated carbocycles. The van der Waals surface area contributed by atoms with Crippen LogP contribution >= 0.6 is 0 Å².